The number of nitrogens with one attached hydrogen (secondary N) is 1. The summed E-state index contributed by atoms with van der Waals surface area (Å²) in [6.45, 7) is 5.53. The highest BCUT2D eigenvalue weighted by Crippen LogP contribution is 2.12. The monoisotopic (exact) mass is 230 g/mol. The Labute approximate surface area is 97.1 Å². The maximum absolute atomic E-state index is 11.9. The lowest BCUT2D eigenvalue weighted by atomic mass is 10.0. The Hall–Kier alpha value is -1.10. The number of carbonyl (C=O) groups is 2. The van der Waals surface area contributed by atoms with Gasteiger partial charge in [-0.25, -0.2) is 4.79 Å². The molecule has 5 nitrogen and oxygen atoms in total. The van der Waals surface area contributed by atoms with E-state index >= 15 is 0 Å². The van der Waals surface area contributed by atoms with Gasteiger partial charge in [0.05, 0.1) is 13.2 Å². The van der Waals surface area contributed by atoms with Gasteiger partial charge in [0, 0.05) is 7.05 Å². The molecule has 0 heterocycles. The third-order valence-electron chi connectivity index (χ3n) is 2.64. The average Bonchev–Trinajstić information content (AvgIpc) is 2.26. The number of hydrogen-bond donors (Lipinski definition) is 1. The number of nitrogens with zero attached hydrogens (tertiary/aromatic N) is 1. The van der Waals surface area contributed by atoms with Gasteiger partial charge in [0.25, 0.3) is 0 Å². The Morgan fingerprint density at radius 3 is 2.06 bits per heavy atom. The van der Waals surface area contributed by atoms with Crippen molar-refractivity contribution in [1.82, 2.24) is 10.2 Å². The molecule has 5 heteroatoms. The largest absolute Gasteiger partial charge is 0.467 e. The molecule has 0 radical (unpaired) electrons. The summed E-state index contributed by atoms with van der Waals surface area (Å²) in [5.41, 5.74) is 0. The van der Waals surface area contributed by atoms with Gasteiger partial charge in [-0.05, 0) is 19.9 Å². The van der Waals surface area contributed by atoms with E-state index in [1.165, 1.54) is 12.0 Å². The van der Waals surface area contributed by atoms with Crippen molar-refractivity contribution in [2.45, 2.75) is 32.9 Å². The molecule has 0 rings (SSSR count). The van der Waals surface area contributed by atoms with Crippen molar-refractivity contribution in [2.24, 2.45) is 5.92 Å². The highest BCUT2D eigenvalue weighted by Gasteiger charge is 2.32. The number of methoxy groups -OCH3 is 1. The van der Waals surface area contributed by atoms with Crippen LogP contribution in [0.5, 0.6) is 0 Å². The maximum atomic E-state index is 11.9. The van der Waals surface area contributed by atoms with Crippen LogP contribution in [0, 0.1) is 5.92 Å². The van der Waals surface area contributed by atoms with Crippen molar-refractivity contribution in [3.8, 4) is 0 Å². The highest BCUT2D eigenvalue weighted by atomic mass is 16.5. The second-order valence-corrected chi connectivity index (χ2v) is 4.17. The average molecular weight is 230 g/mol. The summed E-state index contributed by atoms with van der Waals surface area (Å²) < 4.78 is 4.71. The van der Waals surface area contributed by atoms with Crippen LogP contribution >= 0.6 is 0 Å². The summed E-state index contributed by atoms with van der Waals surface area (Å²) in [5, 5.41) is 2.85. The first-order valence-corrected chi connectivity index (χ1v) is 5.38. The van der Waals surface area contributed by atoms with Gasteiger partial charge in [-0.2, -0.15) is 0 Å². The van der Waals surface area contributed by atoms with Crippen LogP contribution in [0.2, 0.25) is 0 Å². The van der Waals surface area contributed by atoms with Gasteiger partial charge in [-0.1, -0.05) is 13.8 Å². The molecule has 1 amide bonds. The molecule has 0 aliphatic heterocycles. The Kier molecular flexibility index (Phi) is 6.03. The maximum Gasteiger partial charge on any atom is 0.328 e. The molecule has 94 valence electrons. The third kappa shape index (κ3) is 3.48. The van der Waals surface area contributed by atoms with E-state index in [0.29, 0.717) is 0 Å². The molecule has 0 aromatic heterocycles. The molecule has 0 spiro atoms. The quantitative estimate of drug-likeness (QED) is 0.688. The molecule has 0 aromatic rings. The van der Waals surface area contributed by atoms with Crippen LogP contribution in [0.3, 0.4) is 0 Å². The SMILES string of the molecule is CN[C@H](C)C(=O)N(C)[C@H](C(=O)OC)C(C)C. The van der Waals surface area contributed by atoms with E-state index in [-0.39, 0.29) is 23.8 Å². The van der Waals surface area contributed by atoms with E-state index in [4.69, 9.17) is 4.74 Å². The summed E-state index contributed by atoms with van der Waals surface area (Å²) in [6.07, 6.45) is 0. The van der Waals surface area contributed by atoms with Crippen LogP contribution < -0.4 is 5.32 Å². The summed E-state index contributed by atoms with van der Waals surface area (Å²) in [5.74, 6) is -0.480. The minimum Gasteiger partial charge on any atom is -0.467 e. The molecule has 0 saturated heterocycles. The van der Waals surface area contributed by atoms with Gasteiger partial charge in [0.15, 0.2) is 0 Å². The number of esters is 1. The molecule has 0 aliphatic rings. The molecule has 0 bridgehead atoms. The minimum absolute atomic E-state index is 0.0189. The van der Waals surface area contributed by atoms with Crippen LogP contribution in [0.25, 0.3) is 0 Å². The molecular formula is C11H22N2O3. The second kappa shape index (κ2) is 6.48. The Morgan fingerprint density at radius 2 is 1.75 bits per heavy atom. The first kappa shape index (κ1) is 14.9. The van der Waals surface area contributed by atoms with Gasteiger partial charge < -0.3 is 15.0 Å². The fourth-order valence-corrected chi connectivity index (χ4v) is 1.56. The fourth-order valence-electron chi connectivity index (χ4n) is 1.56. The normalized spacial score (nSPS) is 14.4. The van der Waals surface area contributed by atoms with E-state index in [2.05, 4.69) is 5.32 Å². The van der Waals surface area contributed by atoms with Crippen molar-refractivity contribution in [3.05, 3.63) is 0 Å². The van der Waals surface area contributed by atoms with Crippen molar-refractivity contribution in [2.75, 3.05) is 21.2 Å². The number of hydrogen-bond acceptors (Lipinski definition) is 4. The topological polar surface area (TPSA) is 58.6 Å². The minimum atomic E-state index is -0.534. The number of carbonyl (C=O) groups excluding carboxylic acids is 2. The van der Waals surface area contributed by atoms with Crippen molar-refractivity contribution in [3.63, 3.8) is 0 Å². The fraction of sp³-hybridized carbons (Fsp3) is 0.818. The lowest BCUT2D eigenvalue weighted by Gasteiger charge is -2.30. The molecular weight excluding hydrogens is 208 g/mol. The number of amides is 1. The van der Waals surface area contributed by atoms with Gasteiger partial charge >= 0.3 is 5.97 Å². The molecule has 2 atom stereocenters. The molecule has 0 aliphatic carbocycles. The van der Waals surface area contributed by atoms with E-state index < -0.39 is 6.04 Å². The third-order valence-corrected chi connectivity index (χ3v) is 2.64. The lowest BCUT2D eigenvalue weighted by Crippen LogP contribution is -2.51. The van der Waals surface area contributed by atoms with Crippen LogP contribution in [0.1, 0.15) is 20.8 Å². The van der Waals surface area contributed by atoms with Crippen LogP contribution in [0.15, 0.2) is 0 Å². The first-order valence-electron chi connectivity index (χ1n) is 5.38. The van der Waals surface area contributed by atoms with Crippen LogP contribution in [-0.2, 0) is 14.3 Å². The molecule has 0 unspecified atom stereocenters. The van der Waals surface area contributed by atoms with Gasteiger partial charge in [0.1, 0.15) is 6.04 Å². The molecule has 0 aromatic carbocycles. The van der Waals surface area contributed by atoms with Crippen LogP contribution in [0.4, 0.5) is 0 Å². The van der Waals surface area contributed by atoms with Crippen molar-refractivity contribution in [1.29, 1.82) is 0 Å². The molecule has 0 saturated carbocycles. The Bertz CT molecular complexity index is 254. The predicted octanol–water partition coefficient (Wildman–Crippen LogP) is 0.250. The summed E-state index contributed by atoms with van der Waals surface area (Å²) in [6, 6.07) is -0.843. The summed E-state index contributed by atoms with van der Waals surface area (Å²) >= 11 is 0. The zero-order chi connectivity index (χ0) is 12.9. The first-order chi connectivity index (χ1) is 7.36. The zero-order valence-corrected chi connectivity index (χ0v) is 10.9. The standard InChI is InChI=1S/C11H22N2O3/c1-7(2)9(11(15)16-6)13(5)10(14)8(3)12-4/h7-9,12H,1-6H3/t8-,9+/m1/s1. The van der Waals surface area contributed by atoms with E-state index in [1.807, 2.05) is 13.8 Å². The van der Waals surface area contributed by atoms with E-state index in [0.717, 1.165) is 0 Å². The van der Waals surface area contributed by atoms with Crippen molar-refractivity contribution >= 4 is 11.9 Å². The van der Waals surface area contributed by atoms with E-state index in [9.17, 15) is 9.59 Å². The molecule has 16 heavy (non-hydrogen) atoms. The molecule has 1 N–H and O–H groups in total. The second-order valence-electron chi connectivity index (χ2n) is 4.17. The van der Waals surface area contributed by atoms with Crippen LogP contribution in [-0.4, -0.2) is 50.1 Å². The zero-order valence-electron chi connectivity index (χ0n) is 10.9. The number of rotatable bonds is 5. The van der Waals surface area contributed by atoms with Crippen molar-refractivity contribution < 1.29 is 14.3 Å². The molecule has 0 fully saturated rings. The summed E-state index contributed by atoms with van der Waals surface area (Å²) in [4.78, 5) is 24.9. The smallest absolute Gasteiger partial charge is 0.328 e. The van der Waals surface area contributed by atoms with Gasteiger partial charge in [-0.3, -0.25) is 4.79 Å². The Balaban J connectivity index is 4.81. The summed E-state index contributed by atoms with van der Waals surface area (Å²) in [7, 11) is 4.66. The van der Waals surface area contributed by atoms with Gasteiger partial charge in [0.2, 0.25) is 5.91 Å². The number of likely N-dealkylation sites (N-methyl/N-ethyl adjacent to an activating group) is 2. The lowest BCUT2D eigenvalue weighted by molar-refractivity contribution is -0.154. The van der Waals surface area contributed by atoms with Gasteiger partial charge in [-0.15, -0.1) is 0 Å². The Morgan fingerprint density at radius 1 is 1.25 bits per heavy atom. The highest BCUT2D eigenvalue weighted by molar-refractivity contribution is 5.87. The number of ether oxygens (including phenoxy) is 1. The van der Waals surface area contributed by atoms with E-state index in [1.54, 1.807) is 21.0 Å². The predicted molar refractivity (Wildman–Crippen MR) is 61.9 cm³/mol.